The van der Waals surface area contributed by atoms with Gasteiger partial charge in [-0.1, -0.05) is 12.1 Å². The average Bonchev–Trinajstić information content (AvgIpc) is 2.16. The van der Waals surface area contributed by atoms with Crippen molar-refractivity contribution in [2.75, 3.05) is 0 Å². The Labute approximate surface area is 75.4 Å². The van der Waals surface area contributed by atoms with Crippen LogP contribution in [0.15, 0.2) is 18.2 Å². The number of hydrogen-bond acceptors (Lipinski definition) is 4. The maximum absolute atomic E-state index is 8.85. The molecule has 0 atom stereocenters. The summed E-state index contributed by atoms with van der Waals surface area (Å²) in [6.07, 6.45) is 0. The lowest BCUT2D eigenvalue weighted by molar-refractivity contribution is 0.425. The topological polar surface area (TPSA) is 88.0 Å². The van der Waals surface area contributed by atoms with Gasteiger partial charge in [0, 0.05) is 5.46 Å². The molecule has 0 bridgehead atoms. The van der Waals surface area contributed by atoms with Crippen LogP contribution in [0.25, 0.3) is 0 Å². The number of nitrogens with zero attached hydrogens (tertiary/aromatic N) is 2. The molecule has 0 aliphatic rings. The van der Waals surface area contributed by atoms with Gasteiger partial charge in [-0.15, -0.1) is 0 Å². The minimum absolute atomic E-state index is 0.0139. The summed E-state index contributed by atoms with van der Waals surface area (Å²) in [6, 6.07) is 7.89. The van der Waals surface area contributed by atoms with Gasteiger partial charge in [-0.2, -0.15) is 10.5 Å². The first-order chi connectivity index (χ1) is 6.20. The van der Waals surface area contributed by atoms with Crippen LogP contribution >= 0.6 is 0 Å². The highest BCUT2D eigenvalue weighted by Crippen LogP contribution is 2.03. The molecular weight excluding hydrogens is 167 g/mol. The van der Waals surface area contributed by atoms with E-state index in [4.69, 9.17) is 20.6 Å². The maximum Gasteiger partial charge on any atom is 0.489 e. The summed E-state index contributed by atoms with van der Waals surface area (Å²) < 4.78 is 0. The minimum atomic E-state index is -1.72. The molecule has 0 radical (unpaired) electrons. The van der Waals surface area contributed by atoms with Crippen molar-refractivity contribution in [2.24, 2.45) is 0 Å². The average molecular weight is 172 g/mol. The Morgan fingerprint density at radius 2 is 1.85 bits per heavy atom. The highest BCUT2D eigenvalue weighted by Gasteiger charge is 2.17. The van der Waals surface area contributed by atoms with E-state index in [1.165, 1.54) is 18.2 Å². The van der Waals surface area contributed by atoms with Crippen LogP contribution in [0.2, 0.25) is 0 Å². The van der Waals surface area contributed by atoms with Crippen LogP contribution in [0.4, 0.5) is 0 Å². The van der Waals surface area contributed by atoms with E-state index in [1.54, 1.807) is 12.1 Å². The second-order valence-corrected chi connectivity index (χ2v) is 2.37. The van der Waals surface area contributed by atoms with E-state index in [0.29, 0.717) is 0 Å². The van der Waals surface area contributed by atoms with Crippen LogP contribution in [-0.4, -0.2) is 17.2 Å². The fourth-order valence-corrected chi connectivity index (χ4v) is 1.00. The van der Waals surface area contributed by atoms with Gasteiger partial charge in [0.15, 0.2) is 0 Å². The van der Waals surface area contributed by atoms with E-state index in [1.807, 2.05) is 0 Å². The molecule has 13 heavy (non-hydrogen) atoms. The molecule has 2 N–H and O–H groups in total. The minimum Gasteiger partial charge on any atom is -0.423 e. The van der Waals surface area contributed by atoms with Gasteiger partial charge >= 0.3 is 7.12 Å². The van der Waals surface area contributed by atoms with Gasteiger partial charge in [0.25, 0.3) is 0 Å². The smallest absolute Gasteiger partial charge is 0.423 e. The normalized spacial score (nSPS) is 8.62. The first kappa shape index (κ1) is 9.27. The predicted octanol–water partition coefficient (Wildman–Crippen LogP) is -0.890. The van der Waals surface area contributed by atoms with Crippen molar-refractivity contribution < 1.29 is 10.0 Å². The van der Waals surface area contributed by atoms with Gasteiger partial charge in [0.2, 0.25) is 0 Å². The number of hydrogen-bond donors (Lipinski definition) is 2. The Morgan fingerprint density at radius 3 is 2.31 bits per heavy atom. The molecular formula is C8H5BN2O2. The first-order valence-electron chi connectivity index (χ1n) is 3.50. The highest BCUT2D eigenvalue weighted by molar-refractivity contribution is 6.59. The first-order valence-corrected chi connectivity index (χ1v) is 3.50. The molecule has 0 heterocycles. The van der Waals surface area contributed by atoms with Crippen LogP contribution in [0.1, 0.15) is 11.1 Å². The Bertz CT molecular complexity index is 404. The van der Waals surface area contributed by atoms with Crippen molar-refractivity contribution >= 4 is 12.6 Å². The number of nitriles is 2. The third-order valence-corrected chi connectivity index (χ3v) is 1.61. The summed E-state index contributed by atoms with van der Waals surface area (Å²) in [7, 11) is -1.72. The molecule has 62 valence electrons. The summed E-state index contributed by atoms with van der Waals surface area (Å²) in [6.45, 7) is 0. The molecule has 0 saturated heterocycles. The van der Waals surface area contributed by atoms with E-state index in [2.05, 4.69) is 0 Å². The standard InChI is InChI=1S/C8H5BN2O2/c10-4-6-2-1-3-8(9(12)13)7(6)5-11/h1-3,12-13H. The van der Waals surface area contributed by atoms with Crippen LogP contribution in [0, 0.1) is 22.7 Å². The lowest BCUT2D eigenvalue weighted by Crippen LogP contribution is -2.32. The number of rotatable bonds is 1. The van der Waals surface area contributed by atoms with E-state index in [-0.39, 0.29) is 16.6 Å². The lowest BCUT2D eigenvalue weighted by atomic mass is 9.76. The quantitative estimate of drug-likeness (QED) is 0.537. The second kappa shape index (κ2) is 3.73. The van der Waals surface area contributed by atoms with Crippen molar-refractivity contribution in [3.63, 3.8) is 0 Å². The zero-order valence-electron chi connectivity index (χ0n) is 6.60. The molecule has 0 aliphatic carbocycles. The fourth-order valence-electron chi connectivity index (χ4n) is 1.00. The van der Waals surface area contributed by atoms with Crippen molar-refractivity contribution in [1.82, 2.24) is 0 Å². The molecule has 0 spiro atoms. The van der Waals surface area contributed by atoms with E-state index in [0.717, 1.165) is 0 Å². The Balaban J connectivity index is 3.40. The van der Waals surface area contributed by atoms with Crippen molar-refractivity contribution in [2.45, 2.75) is 0 Å². The van der Waals surface area contributed by atoms with Gasteiger partial charge in [-0.05, 0) is 6.07 Å². The van der Waals surface area contributed by atoms with Crippen LogP contribution in [-0.2, 0) is 0 Å². The monoisotopic (exact) mass is 172 g/mol. The summed E-state index contributed by atoms with van der Waals surface area (Å²) >= 11 is 0. The van der Waals surface area contributed by atoms with Crippen LogP contribution in [0.5, 0.6) is 0 Å². The Morgan fingerprint density at radius 1 is 1.15 bits per heavy atom. The third-order valence-electron chi connectivity index (χ3n) is 1.61. The van der Waals surface area contributed by atoms with Crippen molar-refractivity contribution in [3.8, 4) is 12.1 Å². The van der Waals surface area contributed by atoms with Crippen LogP contribution < -0.4 is 5.46 Å². The number of benzene rings is 1. The molecule has 4 nitrogen and oxygen atoms in total. The largest absolute Gasteiger partial charge is 0.489 e. The van der Waals surface area contributed by atoms with Gasteiger partial charge in [0.05, 0.1) is 11.1 Å². The van der Waals surface area contributed by atoms with Gasteiger partial charge in [0.1, 0.15) is 12.1 Å². The molecule has 1 aromatic carbocycles. The summed E-state index contributed by atoms with van der Waals surface area (Å²) in [5.74, 6) is 0. The summed E-state index contributed by atoms with van der Waals surface area (Å²) in [5.41, 5.74) is 0.217. The molecule has 1 rings (SSSR count). The van der Waals surface area contributed by atoms with Gasteiger partial charge in [-0.25, -0.2) is 0 Å². The molecule has 0 aromatic heterocycles. The zero-order valence-corrected chi connectivity index (χ0v) is 6.60. The molecule has 0 saturated carbocycles. The Hall–Kier alpha value is -1.82. The summed E-state index contributed by atoms with van der Waals surface area (Å²) in [4.78, 5) is 0. The third kappa shape index (κ3) is 1.67. The van der Waals surface area contributed by atoms with Gasteiger partial charge < -0.3 is 10.0 Å². The maximum atomic E-state index is 8.85. The SMILES string of the molecule is N#Cc1cccc(B(O)O)c1C#N. The van der Waals surface area contributed by atoms with Crippen molar-refractivity contribution in [3.05, 3.63) is 29.3 Å². The molecule has 1 aromatic rings. The van der Waals surface area contributed by atoms with Crippen LogP contribution in [0.3, 0.4) is 0 Å². The molecule has 5 heteroatoms. The molecule has 0 unspecified atom stereocenters. The molecule has 0 amide bonds. The van der Waals surface area contributed by atoms with Crippen molar-refractivity contribution in [1.29, 1.82) is 10.5 Å². The fraction of sp³-hybridized carbons (Fsp3) is 0. The molecule has 0 fully saturated rings. The Kier molecular flexibility index (Phi) is 2.66. The van der Waals surface area contributed by atoms with E-state index < -0.39 is 7.12 Å². The predicted molar refractivity (Wildman–Crippen MR) is 45.7 cm³/mol. The molecule has 0 aliphatic heterocycles. The summed E-state index contributed by atoms with van der Waals surface area (Å²) in [5, 5.41) is 34.9. The second-order valence-electron chi connectivity index (χ2n) is 2.37. The van der Waals surface area contributed by atoms with E-state index >= 15 is 0 Å². The zero-order chi connectivity index (χ0) is 9.84. The highest BCUT2D eigenvalue weighted by atomic mass is 16.4. The lowest BCUT2D eigenvalue weighted by Gasteiger charge is -2.02. The van der Waals surface area contributed by atoms with Gasteiger partial charge in [-0.3, -0.25) is 0 Å². The van der Waals surface area contributed by atoms with E-state index in [9.17, 15) is 0 Å².